The molecular weight excluding hydrogens is 171 g/mol. The summed E-state index contributed by atoms with van der Waals surface area (Å²) in [7, 11) is 0. The van der Waals surface area contributed by atoms with Crippen molar-refractivity contribution >= 4 is 29.0 Å². The number of anilines is 1. The van der Waals surface area contributed by atoms with Crippen molar-refractivity contribution in [2.75, 3.05) is 5.73 Å². The highest BCUT2D eigenvalue weighted by atomic mass is 35.5. The number of hydrogen-bond donors (Lipinski definition) is 1. The number of nitrogen functional groups attached to an aromatic ring is 1. The van der Waals surface area contributed by atoms with E-state index in [0.717, 1.165) is 5.56 Å². The van der Waals surface area contributed by atoms with Crippen molar-refractivity contribution in [3.63, 3.8) is 0 Å². The van der Waals surface area contributed by atoms with Gasteiger partial charge in [-0.05, 0) is 13.0 Å². The Morgan fingerprint density at radius 1 is 1.50 bits per heavy atom. The molecule has 2 N–H and O–H groups in total. The molecule has 0 fully saturated rings. The number of halogens is 2. The van der Waals surface area contributed by atoms with E-state index in [0.29, 0.717) is 16.0 Å². The molecule has 0 atom stereocenters. The molecule has 0 saturated heterocycles. The van der Waals surface area contributed by atoms with Gasteiger partial charge >= 0.3 is 0 Å². The molecule has 0 unspecified atom stereocenters. The summed E-state index contributed by atoms with van der Waals surface area (Å²) < 4.78 is 0. The quantitative estimate of drug-likeness (QED) is 0.617. The molecule has 0 aliphatic rings. The van der Waals surface area contributed by atoms with Crippen LogP contribution in [0.5, 0.6) is 0 Å². The van der Waals surface area contributed by atoms with Crippen molar-refractivity contribution in [1.82, 2.24) is 4.98 Å². The van der Waals surface area contributed by atoms with Gasteiger partial charge < -0.3 is 5.73 Å². The van der Waals surface area contributed by atoms with E-state index in [-0.39, 0.29) is 0 Å². The predicted molar refractivity (Wildman–Crippen MR) is 43.4 cm³/mol. The molecule has 0 aromatic carbocycles. The Hall–Kier alpha value is -0.470. The molecule has 0 saturated carbocycles. The first-order chi connectivity index (χ1) is 4.61. The van der Waals surface area contributed by atoms with Crippen LogP contribution in [0.1, 0.15) is 5.56 Å². The minimum atomic E-state index is 0.348. The van der Waals surface area contributed by atoms with Crippen LogP contribution in [0.15, 0.2) is 6.07 Å². The van der Waals surface area contributed by atoms with Gasteiger partial charge in [-0.3, -0.25) is 0 Å². The topological polar surface area (TPSA) is 38.9 Å². The summed E-state index contributed by atoms with van der Waals surface area (Å²) in [4.78, 5) is 3.79. The van der Waals surface area contributed by atoms with Gasteiger partial charge in [-0.15, -0.1) is 0 Å². The fourth-order valence-corrected chi connectivity index (χ4v) is 1.02. The highest BCUT2D eigenvalue weighted by Crippen LogP contribution is 2.22. The van der Waals surface area contributed by atoms with Gasteiger partial charge in [0.15, 0.2) is 0 Å². The van der Waals surface area contributed by atoms with Gasteiger partial charge in [-0.25, -0.2) is 4.98 Å². The number of hydrogen-bond acceptors (Lipinski definition) is 2. The SMILES string of the molecule is Cc1c(Cl)cc(N)nc1Cl. The molecule has 1 rings (SSSR count). The van der Waals surface area contributed by atoms with Gasteiger partial charge in [0.05, 0.1) is 5.02 Å². The number of rotatable bonds is 0. The fraction of sp³-hybridized carbons (Fsp3) is 0.167. The second-order valence-corrected chi connectivity index (χ2v) is 2.71. The van der Waals surface area contributed by atoms with Crippen LogP contribution in [-0.4, -0.2) is 4.98 Å². The molecule has 54 valence electrons. The Morgan fingerprint density at radius 2 is 2.10 bits per heavy atom. The van der Waals surface area contributed by atoms with Crippen molar-refractivity contribution in [3.05, 3.63) is 21.8 Å². The molecule has 0 spiro atoms. The molecule has 0 radical (unpaired) electrons. The summed E-state index contributed by atoms with van der Waals surface area (Å²) in [5.74, 6) is 0.348. The van der Waals surface area contributed by atoms with E-state index in [4.69, 9.17) is 28.9 Å². The van der Waals surface area contributed by atoms with E-state index < -0.39 is 0 Å². The second-order valence-electron chi connectivity index (χ2n) is 1.94. The van der Waals surface area contributed by atoms with Crippen molar-refractivity contribution in [2.24, 2.45) is 0 Å². The van der Waals surface area contributed by atoms with Crippen LogP contribution in [-0.2, 0) is 0 Å². The zero-order valence-electron chi connectivity index (χ0n) is 5.36. The lowest BCUT2D eigenvalue weighted by Crippen LogP contribution is -1.91. The van der Waals surface area contributed by atoms with Crippen LogP contribution in [0, 0.1) is 6.92 Å². The van der Waals surface area contributed by atoms with Crippen molar-refractivity contribution in [1.29, 1.82) is 0 Å². The van der Waals surface area contributed by atoms with Crippen LogP contribution in [0.2, 0.25) is 10.2 Å². The lowest BCUT2D eigenvalue weighted by Gasteiger charge is -1.99. The molecule has 0 aliphatic heterocycles. The Morgan fingerprint density at radius 3 is 2.60 bits per heavy atom. The fourth-order valence-electron chi connectivity index (χ4n) is 0.566. The second kappa shape index (κ2) is 2.64. The third kappa shape index (κ3) is 1.33. The van der Waals surface area contributed by atoms with Crippen LogP contribution in [0.25, 0.3) is 0 Å². The molecule has 0 amide bonds. The molecular formula is C6H6Cl2N2. The Labute approximate surface area is 69.0 Å². The first-order valence-corrected chi connectivity index (χ1v) is 3.45. The first-order valence-electron chi connectivity index (χ1n) is 2.69. The largest absolute Gasteiger partial charge is 0.384 e. The standard InChI is InChI=1S/C6H6Cl2N2/c1-3-4(7)2-5(9)10-6(3)8/h2H,1H3,(H2,9,10). The highest BCUT2D eigenvalue weighted by Gasteiger charge is 2.01. The maximum Gasteiger partial charge on any atom is 0.135 e. The number of nitrogens with two attached hydrogens (primary N) is 1. The van der Waals surface area contributed by atoms with Gasteiger partial charge in [0.25, 0.3) is 0 Å². The number of aromatic nitrogens is 1. The molecule has 2 nitrogen and oxygen atoms in total. The summed E-state index contributed by atoms with van der Waals surface area (Å²) in [6, 6.07) is 1.57. The van der Waals surface area contributed by atoms with Crippen molar-refractivity contribution < 1.29 is 0 Å². The zero-order valence-corrected chi connectivity index (χ0v) is 6.87. The van der Waals surface area contributed by atoms with Gasteiger partial charge in [-0.2, -0.15) is 0 Å². The molecule has 4 heteroatoms. The maximum atomic E-state index is 5.71. The summed E-state index contributed by atoms with van der Waals surface area (Å²) >= 11 is 11.4. The normalized spacial score (nSPS) is 9.90. The molecule has 10 heavy (non-hydrogen) atoms. The zero-order chi connectivity index (χ0) is 7.72. The first kappa shape index (κ1) is 7.63. The summed E-state index contributed by atoms with van der Waals surface area (Å²) in [6.07, 6.45) is 0. The van der Waals surface area contributed by atoms with E-state index in [1.807, 2.05) is 0 Å². The van der Waals surface area contributed by atoms with Gasteiger partial charge in [0.2, 0.25) is 0 Å². The molecule has 1 aromatic heterocycles. The van der Waals surface area contributed by atoms with Gasteiger partial charge in [0, 0.05) is 5.56 Å². The minimum absolute atomic E-state index is 0.348. The molecule has 0 aliphatic carbocycles. The van der Waals surface area contributed by atoms with Gasteiger partial charge in [0.1, 0.15) is 11.0 Å². The summed E-state index contributed by atoms with van der Waals surface area (Å²) in [5.41, 5.74) is 6.11. The van der Waals surface area contributed by atoms with Gasteiger partial charge in [-0.1, -0.05) is 23.2 Å². The Kier molecular flexibility index (Phi) is 2.02. The Bertz CT molecular complexity index is 237. The average molecular weight is 177 g/mol. The molecule has 1 aromatic rings. The number of nitrogens with zero attached hydrogens (tertiary/aromatic N) is 1. The Balaban J connectivity index is 3.31. The maximum absolute atomic E-state index is 5.71. The predicted octanol–water partition coefficient (Wildman–Crippen LogP) is 2.28. The summed E-state index contributed by atoms with van der Waals surface area (Å²) in [6.45, 7) is 1.79. The van der Waals surface area contributed by atoms with Crippen LogP contribution >= 0.6 is 23.2 Å². The van der Waals surface area contributed by atoms with Crippen LogP contribution in [0.4, 0.5) is 5.82 Å². The lowest BCUT2D eigenvalue weighted by molar-refractivity contribution is 1.28. The van der Waals surface area contributed by atoms with E-state index in [1.54, 1.807) is 13.0 Å². The summed E-state index contributed by atoms with van der Waals surface area (Å²) in [5, 5.41) is 0.919. The third-order valence-corrected chi connectivity index (χ3v) is 1.93. The monoisotopic (exact) mass is 176 g/mol. The molecule has 0 bridgehead atoms. The van der Waals surface area contributed by atoms with Crippen LogP contribution in [0.3, 0.4) is 0 Å². The van der Waals surface area contributed by atoms with Crippen LogP contribution < -0.4 is 5.73 Å². The molecule has 1 heterocycles. The smallest absolute Gasteiger partial charge is 0.135 e. The van der Waals surface area contributed by atoms with E-state index in [9.17, 15) is 0 Å². The van der Waals surface area contributed by atoms with Crippen molar-refractivity contribution in [2.45, 2.75) is 6.92 Å². The number of pyridine rings is 1. The van der Waals surface area contributed by atoms with Crippen molar-refractivity contribution in [3.8, 4) is 0 Å². The van der Waals surface area contributed by atoms with E-state index in [2.05, 4.69) is 4.98 Å². The van der Waals surface area contributed by atoms with E-state index in [1.165, 1.54) is 0 Å². The third-order valence-electron chi connectivity index (χ3n) is 1.17. The lowest BCUT2D eigenvalue weighted by atomic mass is 10.3. The highest BCUT2D eigenvalue weighted by molar-refractivity contribution is 6.35. The average Bonchev–Trinajstić information content (AvgIpc) is 1.82. The van der Waals surface area contributed by atoms with E-state index >= 15 is 0 Å². The minimum Gasteiger partial charge on any atom is -0.384 e.